The van der Waals surface area contributed by atoms with Gasteiger partial charge >= 0.3 is 12.1 Å². The third-order valence-electron chi connectivity index (χ3n) is 4.18. The highest BCUT2D eigenvalue weighted by molar-refractivity contribution is 5.80. The Morgan fingerprint density at radius 2 is 1.93 bits per heavy atom. The summed E-state index contributed by atoms with van der Waals surface area (Å²) in [5.41, 5.74) is 1.63. The lowest BCUT2D eigenvalue weighted by molar-refractivity contribution is -0.134. The van der Waals surface area contributed by atoms with E-state index >= 15 is 0 Å². The lowest BCUT2D eigenvalue weighted by atomic mass is 9.91. The number of allylic oxidation sites excluding steroid dienone is 3. The molecule has 5 nitrogen and oxygen atoms in total. The Hall–Kier alpha value is -2.47. The first kappa shape index (κ1) is 24.6. The van der Waals surface area contributed by atoms with Crippen molar-refractivity contribution in [2.75, 3.05) is 13.2 Å². The normalized spacial score (nSPS) is 13.7. The first-order chi connectivity index (χ1) is 13.7. The zero-order valence-corrected chi connectivity index (χ0v) is 17.7. The van der Waals surface area contributed by atoms with Crippen LogP contribution in [-0.4, -0.2) is 37.0 Å². The van der Waals surface area contributed by atoms with Crippen LogP contribution in [0.5, 0.6) is 0 Å². The molecule has 160 valence electrons. The zero-order chi connectivity index (χ0) is 21.9. The van der Waals surface area contributed by atoms with E-state index in [-0.39, 0.29) is 19.1 Å². The second kappa shape index (κ2) is 12.2. The zero-order valence-electron chi connectivity index (χ0n) is 17.7. The fraction of sp³-hybridized carbons (Fsp3) is 0.478. The van der Waals surface area contributed by atoms with Gasteiger partial charge in [0.2, 0.25) is 0 Å². The van der Waals surface area contributed by atoms with Gasteiger partial charge in [0.25, 0.3) is 0 Å². The van der Waals surface area contributed by atoms with Crippen molar-refractivity contribution >= 4 is 12.1 Å². The number of amides is 1. The van der Waals surface area contributed by atoms with Crippen molar-refractivity contribution < 1.29 is 23.5 Å². The van der Waals surface area contributed by atoms with E-state index in [1.807, 2.05) is 37.3 Å². The minimum Gasteiger partial charge on any atom is -0.449 e. The molecular weight excluding hydrogens is 373 g/mol. The Morgan fingerprint density at radius 3 is 2.52 bits per heavy atom. The second-order valence-electron chi connectivity index (χ2n) is 7.72. The minimum atomic E-state index is -1.68. The van der Waals surface area contributed by atoms with Crippen LogP contribution in [-0.2, 0) is 20.7 Å². The molecular formula is C23H32FNO4. The maximum Gasteiger partial charge on any atom is 0.407 e. The molecule has 2 unspecified atom stereocenters. The molecule has 0 aliphatic rings. The molecule has 2 atom stereocenters. The van der Waals surface area contributed by atoms with Crippen molar-refractivity contribution in [2.45, 2.75) is 58.1 Å². The van der Waals surface area contributed by atoms with Crippen LogP contribution >= 0.6 is 0 Å². The van der Waals surface area contributed by atoms with Crippen molar-refractivity contribution in [2.24, 2.45) is 0 Å². The Labute approximate surface area is 173 Å². The average Bonchev–Trinajstić information content (AvgIpc) is 2.66. The van der Waals surface area contributed by atoms with Gasteiger partial charge in [0, 0.05) is 5.92 Å². The number of carbonyl (C=O) groups excluding carboxylic acids is 2. The van der Waals surface area contributed by atoms with Crippen molar-refractivity contribution in [3.8, 4) is 0 Å². The highest BCUT2D eigenvalue weighted by Gasteiger charge is 2.25. The molecule has 0 aliphatic heterocycles. The van der Waals surface area contributed by atoms with Gasteiger partial charge in [-0.15, -0.1) is 6.58 Å². The molecule has 0 fully saturated rings. The van der Waals surface area contributed by atoms with Crippen molar-refractivity contribution in [1.29, 1.82) is 0 Å². The van der Waals surface area contributed by atoms with E-state index in [0.29, 0.717) is 6.42 Å². The SMILES string of the molecule is C=CCC(COC(=O)NC(COC(C)(C)C)C(=O)F)c1ccccc1C/C=C\C. The molecule has 1 rings (SSSR count). The van der Waals surface area contributed by atoms with Crippen LogP contribution in [0.1, 0.15) is 51.2 Å². The fourth-order valence-corrected chi connectivity index (χ4v) is 2.71. The van der Waals surface area contributed by atoms with Crippen LogP contribution in [0, 0.1) is 0 Å². The lowest BCUT2D eigenvalue weighted by Crippen LogP contribution is -2.44. The molecule has 1 aromatic carbocycles. The Kier molecular flexibility index (Phi) is 10.3. The van der Waals surface area contributed by atoms with E-state index in [1.165, 1.54) is 0 Å². The van der Waals surface area contributed by atoms with Crippen LogP contribution in [0.3, 0.4) is 0 Å². The van der Waals surface area contributed by atoms with Gasteiger partial charge < -0.3 is 14.8 Å². The third-order valence-corrected chi connectivity index (χ3v) is 4.18. The van der Waals surface area contributed by atoms with Gasteiger partial charge in [0.15, 0.2) is 0 Å². The van der Waals surface area contributed by atoms with E-state index in [2.05, 4.69) is 18.0 Å². The number of benzene rings is 1. The van der Waals surface area contributed by atoms with Crippen LogP contribution in [0.2, 0.25) is 0 Å². The van der Waals surface area contributed by atoms with Gasteiger partial charge in [-0.05, 0) is 51.7 Å². The van der Waals surface area contributed by atoms with Crippen molar-refractivity contribution in [3.63, 3.8) is 0 Å². The number of rotatable bonds is 11. The minimum absolute atomic E-state index is 0.0814. The average molecular weight is 406 g/mol. The molecule has 1 N–H and O–H groups in total. The van der Waals surface area contributed by atoms with E-state index in [0.717, 1.165) is 17.5 Å². The maximum absolute atomic E-state index is 13.2. The first-order valence-corrected chi connectivity index (χ1v) is 9.74. The molecule has 0 aliphatic carbocycles. The number of ether oxygens (including phenoxy) is 2. The first-order valence-electron chi connectivity index (χ1n) is 9.74. The van der Waals surface area contributed by atoms with Gasteiger partial charge in [-0.3, -0.25) is 4.79 Å². The largest absolute Gasteiger partial charge is 0.449 e. The highest BCUT2D eigenvalue weighted by atomic mass is 19.1. The maximum atomic E-state index is 13.2. The molecule has 0 heterocycles. The van der Waals surface area contributed by atoms with Gasteiger partial charge in [-0.2, -0.15) is 4.39 Å². The summed E-state index contributed by atoms with van der Waals surface area (Å²) in [5, 5.41) is 2.24. The summed E-state index contributed by atoms with van der Waals surface area (Å²) in [7, 11) is 0. The highest BCUT2D eigenvalue weighted by Crippen LogP contribution is 2.25. The summed E-state index contributed by atoms with van der Waals surface area (Å²) >= 11 is 0. The van der Waals surface area contributed by atoms with Crippen LogP contribution in [0.15, 0.2) is 49.1 Å². The van der Waals surface area contributed by atoms with Gasteiger partial charge in [0.05, 0.1) is 12.2 Å². The summed E-state index contributed by atoms with van der Waals surface area (Å²) in [6.07, 6.45) is 6.33. The van der Waals surface area contributed by atoms with Crippen LogP contribution in [0.25, 0.3) is 0 Å². The molecule has 6 heteroatoms. The van der Waals surface area contributed by atoms with Crippen LogP contribution < -0.4 is 5.32 Å². The van der Waals surface area contributed by atoms with Crippen molar-refractivity contribution in [1.82, 2.24) is 5.32 Å². The van der Waals surface area contributed by atoms with Crippen LogP contribution in [0.4, 0.5) is 9.18 Å². The van der Waals surface area contributed by atoms with Crippen molar-refractivity contribution in [3.05, 3.63) is 60.2 Å². The lowest BCUT2D eigenvalue weighted by Gasteiger charge is -2.23. The Morgan fingerprint density at radius 1 is 1.24 bits per heavy atom. The number of hydrogen-bond acceptors (Lipinski definition) is 4. The fourth-order valence-electron chi connectivity index (χ4n) is 2.71. The summed E-state index contributed by atoms with van der Waals surface area (Å²) in [5.74, 6) is -0.0925. The molecule has 0 bridgehead atoms. The molecule has 0 saturated carbocycles. The second-order valence-corrected chi connectivity index (χ2v) is 7.72. The van der Waals surface area contributed by atoms with E-state index in [9.17, 15) is 14.0 Å². The number of nitrogens with one attached hydrogen (secondary N) is 1. The van der Waals surface area contributed by atoms with Gasteiger partial charge in [-0.1, -0.05) is 42.5 Å². The van der Waals surface area contributed by atoms with E-state index < -0.39 is 23.8 Å². The quantitative estimate of drug-likeness (QED) is 0.421. The van der Waals surface area contributed by atoms with E-state index in [4.69, 9.17) is 9.47 Å². The summed E-state index contributed by atoms with van der Waals surface area (Å²) in [6.45, 7) is 10.9. The smallest absolute Gasteiger partial charge is 0.407 e. The molecule has 1 aromatic rings. The third kappa shape index (κ3) is 9.52. The molecule has 0 saturated heterocycles. The number of halogens is 1. The topological polar surface area (TPSA) is 64.6 Å². The number of carbonyl (C=O) groups is 2. The number of alkyl carbamates (subject to hydrolysis) is 1. The molecule has 29 heavy (non-hydrogen) atoms. The van der Waals surface area contributed by atoms with Gasteiger partial charge in [0.1, 0.15) is 12.6 Å². The van der Waals surface area contributed by atoms with E-state index in [1.54, 1.807) is 26.8 Å². The molecule has 0 spiro atoms. The monoisotopic (exact) mass is 405 g/mol. The molecule has 1 amide bonds. The summed E-state index contributed by atoms with van der Waals surface area (Å²) < 4.78 is 23.9. The standard InChI is InChI=1S/C23H32FNO4/c1-6-8-12-17-13-9-10-14-19(17)18(11-7-2)15-28-22(27)25-20(21(24)26)16-29-23(3,4)5/h6-10,13-14,18,20H,2,11-12,15-16H2,1,3-5H3,(H,25,27)/b8-6-. The molecule has 0 radical (unpaired) electrons. The predicted octanol–water partition coefficient (Wildman–Crippen LogP) is 4.87. The predicted molar refractivity (Wildman–Crippen MR) is 113 cm³/mol. The summed E-state index contributed by atoms with van der Waals surface area (Å²) in [6, 6.07) is 4.86. The molecule has 0 aromatic heterocycles. The Bertz CT molecular complexity index is 709. The summed E-state index contributed by atoms with van der Waals surface area (Å²) in [4.78, 5) is 23.3. The Balaban J connectivity index is 2.77. The van der Waals surface area contributed by atoms with Gasteiger partial charge in [-0.25, -0.2) is 4.79 Å². The number of hydrogen-bond donors (Lipinski definition) is 1.